The first kappa shape index (κ1) is 10.7. The molecule has 0 aliphatic heterocycles. The number of rotatable bonds is 2. The Balaban J connectivity index is 1.86. The molecule has 0 fully saturated rings. The Morgan fingerprint density at radius 2 is 2.35 bits per heavy atom. The van der Waals surface area contributed by atoms with Gasteiger partial charge < -0.3 is 5.11 Å². The van der Waals surface area contributed by atoms with Gasteiger partial charge in [-0.15, -0.1) is 0 Å². The first-order valence-corrected chi connectivity index (χ1v) is 6.07. The van der Waals surface area contributed by atoms with Crippen LogP contribution in [0.4, 0.5) is 0 Å². The van der Waals surface area contributed by atoms with Gasteiger partial charge in [-0.2, -0.15) is 0 Å². The largest absolute Gasteiger partial charge is 0.508 e. The summed E-state index contributed by atoms with van der Waals surface area (Å²) in [6.45, 7) is 0. The van der Waals surface area contributed by atoms with Crippen LogP contribution in [0.1, 0.15) is 29.2 Å². The molecule has 1 atom stereocenters. The van der Waals surface area contributed by atoms with Crippen molar-refractivity contribution in [3.8, 4) is 5.75 Å². The SMILES string of the molecule is Oc1ccc2c(c1)C(Cc1cn(Cl)cn1)CC2. The molecule has 1 aliphatic rings. The Kier molecular flexibility index (Phi) is 2.56. The molecule has 0 amide bonds. The molecule has 4 heteroatoms. The van der Waals surface area contributed by atoms with Crippen molar-refractivity contribution in [1.29, 1.82) is 0 Å². The molecule has 1 N–H and O–H groups in total. The molecule has 0 saturated carbocycles. The lowest BCUT2D eigenvalue weighted by Gasteiger charge is -2.09. The van der Waals surface area contributed by atoms with Gasteiger partial charge in [-0.1, -0.05) is 6.07 Å². The number of nitrogens with zero attached hydrogens (tertiary/aromatic N) is 2. The minimum absolute atomic E-state index is 0.346. The molecule has 3 rings (SSSR count). The predicted octanol–water partition coefficient (Wildman–Crippen LogP) is 2.86. The maximum absolute atomic E-state index is 9.54. The lowest BCUT2D eigenvalue weighted by atomic mass is 9.96. The van der Waals surface area contributed by atoms with E-state index in [-0.39, 0.29) is 0 Å². The summed E-state index contributed by atoms with van der Waals surface area (Å²) in [6, 6.07) is 5.66. The monoisotopic (exact) mass is 248 g/mol. The van der Waals surface area contributed by atoms with E-state index < -0.39 is 0 Å². The van der Waals surface area contributed by atoms with Crippen molar-refractivity contribution in [2.24, 2.45) is 0 Å². The Morgan fingerprint density at radius 1 is 1.47 bits per heavy atom. The van der Waals surface area contributed by atoms with Crippen LogP contribution in [0.3, 0.4) is 0 Å². The zero-order chi connectivity index (χ0) is 11.8. The number of benzene rings is 1. The topological polar surface area (TPSA) is 38.0 Å². The van der Waals surface area contributed by atoms with Gasteiger partial charge in [0.05, 0.1) is 5.69 Å². The molecule has 1 aromatic heterocycles. The van der Waals surface area contributed by atoms with E-state index in [9.17, 15) is 5.11 Å². The number of imidazole rings is 1. The van der Waals surface area contributed by atoms with Crippen molar-refractivity contribution in [3.63, 3.8) is 0 Å². The molecule has 1 aliphatic carbocycles. The lowest BCUT2D eigenvalue weighted by molar-refractivity contribution is 0.474. The minimum atomic E-state index is 0.346. The number of hydrogen-bond donors (Lipinski definition) is 1. The standard InChI is InChI=1S/C13H13ClN2O/c14-16-7-11(15-8-16)5-10-2-1-9-3-4-12(17)6-13(9)10/h3-4,6-8,10,17H,1-2,5H2. The second-order valence-electron chi connectivity index (χ2n) is 4.53. The van der Waals surface area contributed by atoms with E-state index in [4.69, 9.17) is 11.8 Å². The van der Waals surface area contributed by atoms with Crippen LogP contribution in [-0.4, -0.2) is 14.2 Å². The van der Waals surface area contributed by atoms with Gasteiger partial charge in [0.2, 0.25) is 0 Å². The van der Waals surface area contributed by atoms with Gasteiger partial charge in [-0.05, 0) is 48.4 Å². The molecule has 0 radical (unpaired) electrons. The molecular formula is C13H13ClN2O. The number of phenols is 1. The number of fused-ring (bicyclic) bond motifs is 1. The van der Waals surface area contributed by atoms with Crippen molar-refractivity contribution in [3.05, 3.63) is 47.5 Å². The average molecular weight is 249 g/mol. The van der Waals surface area contributed by atoms with E-state index >= 15 is 0 Å². The molecule has 0 saturated heterocycles. The van der Waals surface area contributed by atoms with Crippen LogP contribution in [0.5, 0.6) is 5.75 Å². The van der Waals surface area contributed by atoms with E-state index in [1.165, 1.54) is 15.2 Å². The number of aryl methyl sites for hydroxylation is 1. The van der Waals surface area contributed by atoms with E-state index in [1.807, 2.05) is 18.3 Å². The Hall–Kier alpha value is -1.48. The van der Waals surface area contributed by atoms with Crippen LogP contribution < -0.4 is 0 Å². The second-order valence-corrected chi connectivity index (χ2v) is 4.92. The fourth-order valence-electron chi connectivity index (χ4n) is 2.58. The summed E-state index contributed by atoms with van der Waals surface area (Å²) in [6.07, 6.45) is 6.53. The summed E-state index contributed by atoms with van der Waals surface area (Å²) >= 11 is 5.79. The van der Waals surface area contributed by atoms with Crippen LogP contribution in [0, 0.1) is 0 Å². The normalized spacial score (nSPS) is 18.3. The van der Waals surface area contributed by atoms with Gasteiger partial charge in [0.1, 0.15) is 12.1 Å². The summed E-state index contributed by atoms with van der Waals surface area (Å²) in [7, 11) is 0. The van der Waals surface area contributed by atoms with Gasteiger partial charge in [-0.25, -0.2) is 9.07 Å². The Morgan fingerprint density at radius 3 is 3.12 bits per heavy atom. The Labute approximate surface area is 105 Å². The summed E-state index contributed by atoms with van der Waals surface area (Å²) in [5.41, 5.74) is 3.61. The van der Waals surface area contributed by atoms with Crippen LogP contribution >= 0.6 is 11.8 Å². The number of hydrogen-bond acceptors (Lipinski definition) is 2. The molecule has 1 unspecified atom stereocenters. The van der Waals surface area contributed by atoms with Crippen molar-refractivity contribution >= 4 is 11.8 Å². The fraction of sp³-hybridized carbons (Fsp3) is 0.308. The average Bonchev–Trinajstić information content (AvgIpc) is 2.87. The van der Waals surface area contributed by atoms with Crippen molar-refractivity contribution in [2.75, 3.05) is 0 Å². The number of phenolic OH excluding ortho intramolecular Hbond substituents is 1. The number of aromatic nitrogens is 2. The lowest BCUT2D eigenvalue weighted by Crippen LogP contribution is -1.98. The molecule has 0 spiro atoms. The Bertz CT molecular complexity index is 550. The van der Waals surface area contributed by atoms with Gasteiger partial charge in [0.15, 0.2) is 0 Å². The highest BCUT2D eigenvalue weighted by molar-refractivity contribution is 6.15. The third-order valence-corrected chi connectivity index (χ3v) is 3.58. The zero-order valence-corrected chi connectivity index (χ0v) is 10.1. The van der Waals surface area contributed by atoms with Crippen LogP contribution in [0.2, 0.25) is 0 Å². The molecular weight excluding hydrogens is 236 g/mol. The molecule has 0 bridgehead atoms. The second kappa shape index (κ2) is 4.08. The first-order chi connectivity index (χ1) is 8.22. The maximum atomic E-state index is 9.54. The summed E-state index contributed by atoms with van der Waals surface area (Å²) < 4.78 is 1.45. The third kappa shape index (κ3) is 2.03. The molecule has 2 aromatic rings. The predicted molar refractivity (Wildman–Crippen MR) is 66.4 cm³/mol. The van der Waals surface area contributed by atoms with Gasteiger partial charge in [0.25, 0.3) is 0 Å². The fourth-order valence-corrected chi connectivity index (χ4v) is 2.74. The maximum Gasteiger partial charge on any atom is 0.115 e. The quantitative estimate of drug-likeness (QED) is 0.888. The number of halogens is 1. The molecule has 1 heterocycles. The van der Waals surface area contributed by atoms with E-state index in [0.29, 0.717) is 11.7 Å². The van der Waals surface area contributed by atoms with Crippen LogP contribution in [0.25, 0.3) is 0 Å². The van der Waals surface area contributed by atoms with E-state index in [1.54, 1.807) is 12.4 Å². The molecule has 1 aromatic carbocycles. The smallest absolute Gasteiger partial charge is 0.115 e. The highest BCUT2D eigenvalue weighted by Crippen LogP contribution is 2.37. The first-order valence-electron chi connectivity index (χ1n) is 5.73. The summed E-state index contributed by atoms with van der Waals surface area (Å²) in [5.74, 6) is 0.794. The summed E-state index contributed by atoms with van der Waals surface area (Å²) in [5, 5.41) is 9.54. The molecule has 3 nitrogen and oxygen atoms in total. The highest BCUT2D eigenvalue weighted by Gasteiger charge is 2.23. The summed E-state index contributed by atoms with van der Waals surface area (Å²) in [4.78, 5) is 4.24. The van der Waals surface area contributed by atoms with Crippen LogP contribution in [0.15, 0.2) is 30.7 Å². The molecule has 17 heavy (non-hydrogen) atoms. The van der Waals surface area contributed by atoms with Gasteiger partial charge in [-0.3, -0.25) is 0 Å². The van der Waals surface area contributed by atoms with E-state index in [2.05, 4.69) is 4.98 Å². The van der Waals surface area contributed by atoms with Crippen molar-refractivity contribution in [1.82, 2.24) is 9.07 Å². The third-order valence-electron chi connectivity index (χ3n) is 3.39. The highest BCUT2D eigenvalue weighted by atomic mass is 35.5. The van der Waals surface area contributed by atoms with E-state index in [0.717, 1.165) is 25.0 Å². The van der Waals surface area contributed by atoms with Crippen molar-refractivity contribution < 1.29 is 5.11 Å². The minimum Gasteiger partial charge on any atom is -0.508 e. The number of aromatic hydroxyl groups is 1. The van der Waals surface area contributed by atoms with Gasteiger partial charge in [0, 0.05) is 18.0 Å². The van der Waals surface area contributed by atoms with Crippen molar-refractivity contribution in [2.45, 2.75) is 25.2 Å². The molecule has 88 valence electrons. The van der Waals surface area contributed by atoms with Crippen LogP contribution in [-0.2, 0) is 12.8 Å². The van der Waals surface area contributed by atoms with Gasteiger partial charge >= 0.3 is 0 Å². The zero-order valence-electron chi connectivity index (χ0n) is 9.31.